The van der Waals surface area contributed by atoms with Crippen LogP contribution in [-0.2, 0) is 4.79 Å². The van der Waals surface area contributed by atoms with E-state index in [0.717, 1.165) is 5.56 Å². The maximum absolute atomic E-state index is 11.6. The monoisotopic (exact) mass is 285 g/mol. The number of hydrogen-bond acceptors (Lipinski definition) is 3. The normalized spacial score (nSPS) is 12.0. The molecule has 0 radical (unpaired) electrons. The molecular weight excluding hydrogens is 266 g/mol. The van der Waals surface area contributed by atoms with Crippen LogP contribution >= 0.6 is 11.6 Å². The molecule has 0 aliphatic rings. The molecule has 0 fully saturated rings. The van der Waals surface area contributed by atoms with Crippen molar-refractivity contribution in [1.82, 2.24) is 5.32 Å². The fourth-order valence-electron chi connectivity index (χ4n) is 1.53. The van der Waals surface area contributed by atoms with Crippen molar-refractivity contribution < 1.29 is 14.6 Å². The first kappa shape index (κ1) is 15.8. The van der Waals surface area contributed by atoms with Crippen LogP contribution in [0.4, 0.5) is 0 Å². The van der Waals surface area contributed by atoms with Gasteiger partial charge < -0.3 is 15.2 Å². The summed E-state index contributed by atoms with van der Waals surface area (Å²) in [6.07, 6.45) is 0.671. The van der Waals surface area contributed by atoms with Crippen LogP contribution in [0.15, 0.2) is 18.2 Å². The van der Waals surface area contributed by atoms with Gasteiger partial charge >= 0.3 is 0 Å². The van der Waals surface area contributed by atoms with E-state index in [1.165, 1.54) is 0 Å². The van der Waals surface area contributed by atoms with Gasteiger partial charge in [0.15, 0.2) is 6.61 Å². The fraction of sp³-hybridized carbons (Fsp3) is 0.500. The Kier molecular flexibility index (Phi) is 6.67. The summed E-state index contributed by atoms with van der Waals surface area (Å²) in [6.45, 7) is 4.50. The zero-order valence-corrected chi connectivity index (χ0v) is 12.0. The second-order valence-electron chi connectivity index (χ2n) is 4.64. The number of carbonyl (C=O) groups is 1. The van der Waals surface area contributed by atoms with Gasteiger partial charge in [0.2, 0.25) is 0 Å². The summed E-state index contributed by atoms with van der Waals surface area (Å²) >= 11 is 5.96. The number of benzene rings is 1. The quantitative estimate of drug-likeness (QED) is 0.807. The molecule has 1 unspecified atom stereocenters. The van der Waals surface area contributed by atoms with Gasteiger partial charge in [0, 0.05) is 13.2 Å². The second kappa shape index (κ2) is 8.02. The maximum Gasteiger partial charge on any atom is 0.257 e. The highest BCUT2D eigenvalue weighted by Crippen LogP contribution is 2.24. The summed E-state index contributed by atoms with van der Waals surface area (Å²) in [5.41, 5.74) is 1.02. The van der Waals surface area contributed by atoms with Crippen molar-refractivity contribution in [2.24, 2.45) is 5.92 Å². The fourth-order valence-corrected chi connectivity index (χ4v) is 1.70. The Morgan fingerprint density at radius 2 is 2.26 bits per heavy atom. The molecule has 1 rings (SSSR count). The number of aliphatic hydroxyl groups excluding tert-OH is 1. The largest absolute Gasteiger partial charge is 0.482 e. The molecule has 4 nitrogen and oxygen atoms in total. The molecule has 5 heteroatoms. The van der Waals surface area contributed by atoms with E-state index in [0.29, 0.717) is 23.7 Å². The van der Waals surface area contributed by atoms with E-state index < -0.39 is 0 Å². The van der Waals surface area contributed by atoms with Gasteiger partial charge in [-0.1, -0.05) is 24.6 Å². The number of halogens is 1. The van der Waals surface area contributed by atoms with E-state index in [1.807, 2.05) is 19.9 Å². The SMILES string of the molecule is Cc1ccc(Cl)c(OCC(=O)NCC(C)CCO)c1. The average Bonchev–Trinajstić information content (AvgIpc) is 2.38. The third-order valence-electron chi connectivity index (χ3n) is 2.72. The zero-order valence-electron chi connectivity index (χ0n) is 11.3. The van der Waals surface area contributed by atoms with Gasteiger partial charge in [0.1, 0.15) is 5.75 Å². The second-order valence-corrected chi connectivity index (χ2v) is 5.05. The smallest absolute Gasteiger partial charge is 0.257 e. The number of aryl methyl sites for hydroxylation is 1. The van der Waals surface area contributed by atoms with Crippen LogP contribution in [0.25, 0.3) is 0 Å². The summed E-state index contributed by atoms with van der Waals surface area (Å²) in [5.74, 6) is 0.569. The number of carbonyl (C=O) groups excluding carboxylic acids is 1. The molecule has 2 N–H and O–H groups in total. The van der Waals surface area contributed by atoms with Crippen molar-refractivity contribution in [2.45, 2.75) is 20.3 Å². The standard InChI is InChI=1S/C14H20ClNO3/c1-10-3-4-12(15)13(7-10)19-9-14(18)16-8-11(2)5-6-17/h3-4,7,11,17H,5-6,8-9H2,1-2H3,(H,16,18). The molecule has 0 saturated heterocycles. The predicted octanol–water partition coefficient (Wildman–Crippen LogP) is 2.16. The zero-order chi connectivity index (χ0) is 14.3. The van der Waals surface area contributed by atoms with E-state index in [2.05, 4.69) is 5.32 Å². The first-order valence-electron chi connectivity index (χ1n) is 6.29. The van der Waals surface area contributed by atoms with Crippen molar-refractivity contribution in [3.05, 3.63) is 28.8 Å². The highest BCUT2D eigenvalue weighted by Gasteiger charge is 2.08. The van der Waals surface area contributed by atoms with Gasteiger partial charge in [-0.3, -0.25) is 4.79 Å². The molecule has 0 saturated carbocycles. The van der Waals surface area contributed by atoms with Gasteiger partial charge in [-0.05, 0) is 37.0 Å². The molecule has 1 amide bonds. The summed E-state index contributed by atoms with van der Waals surface area (Å²) in [7, 11) is 0. The molecule has 19 heavy (non-hydrogen) atoms. The highest BCUT2D eigenvalue weighted by atomic mass is 35.5. The Labute approximate surface area is 118 Å². The topological polar surface area (TPSA) is 58.6 Å². The number of nitrogens with one attached hydrogen (secondary N) is 1. The maximum atomic E-state index is 11.6. The van der Waals surface area contributed by atoms with Crippen molar-refractivity contribution in [1.29, 1.82) is 0 Å². The Bertz CT molecular complexity index is 423. The van der Waals surface area contributed by atoms with Crippen LogP contribution in [-0.4, -0.2) is 30.8 Å². The minimum atomic E-state index is -0.192. The number of rotatable bonds is 7. The van der Waals surface area contributed by atoms with E-state index in [4.69, 9.17) is 21.4 Å². The highest BCUT2D eigenvalue weighted by molar-refractivity contribution is 6.32. The van der Waals surface area contributed by atoms with E-state index >= 15 is 0 Å². The van der Waals surface area contributed by atoms with Crippen LogP contribution < -0.4 is 10.1 Å². The van der Waals surface area contributed by atoms with Gasteiger partial charge in [0.05, 0.1) is 5.02 Å². The first-order chi connectivity index (χ1) is 9.02. The summed E-state index contributed by atoms with van der Waals surface area (Å²) < 4.78 is 5.38. The predicted molar refractivity (Wildman–Crippen MR) is 75.6 cm³/mol. The summed E-state index contributed by atoms with van der Waals surface area (Å²) in [6, 6.07) is 5.42. The molecule has 0 spiro atoms. The van der Waals surface area contributed by atoms with Crippen LogP contribution in [0.3, 0.4) is 0 Å². The molecule has 0 aliphatic heterocycles. The molecule has 0 heterocycles. The Balaban J connectivity index is 2.35. The van der Waals surface area contributed by atoms with Gasteiger partial charge in [0.25, 0.3) is 5.91 Å². The lowest BCUT2D eigenvalue weighted by Gasteiger charge is -2.12. The number of amides is 1. The van der Waals surface area contributed by atoms with Crippen LogP contribution in [0.1, 0.15) is 18.9 Å². The van der Waals surface area contributed by atoms with Gasteiger partial charge in [-0.15, -0.1) is 0 Å². The molecule has 0 bridgehead atoms. The van der Waals surface area contributed by atoms with Crippen molar-refractivity contribution in [2.75, 3.05) is 19.8 Å². The molecule has 0 aliphatic carbocycles. The third-order valence-corrected chi connectivity index (χ3v) is 3.03. The molecule has 1 aromatic rings. The van der Waals surface area contributed by atoms with Gasteiger partial charge in [-0.25, -0.2) is 0 Å². The van der Waals surface area contributed by atoms with Crippen molar-refractivity contribution >= 4 is 17.5 Å². The average molecular weight is 286 g/mol. The Morgan fingerprint density at radius 3 is 2.95 bits per heavy atom. The van der Waals surface area contributed by atoms with Crippen LogP contribution in [0.5, 0.6) is 5.75 Å². The number of aliphatic hydroxyl groups is 1. The molecule has 106 valence electrons. The lowest BCUT2D eigenvalue weighted by Crippen LogP contribution is -2.32. The van der Waals surface area contributed by atoms with Crippen molar-refractivity contribution in [3.63, 3.8) is 0 Å². The molecule has 1 atom stereocenters. The molecular formula is C14H20ClNO3. The summed E-state index contributed by atoms with van der Waals surface area (Å²) in [4.78, 5) is 11.6. The van der Waals surface area contributed by atoms with Crippen molar-refractivity contribution in [3.8, 4) is 5.75 Å². The Hall–Kier alpha value is -1.26. The lowest BCUT2D eigenvalue weighted by atomic mass is 10.1. The van der Waals surface area contributed by atoms with Crippen LogP contribution in [0.2, 0.25) is 5.02 Å². The first-order valence-corrected chi connectivity index (χ1v) is 6.67. The molecule has 0 aromatic heterocycles. The van der Waals surface area contributed by atoms with Gasteiger partial charge in [-0.2, -0.15) is 0 Å². The third kappa shape index (κ3) is 5.94. The van der Waals surface area contributed by atoms with E-state index in [9.17, 15) is 4.79 Å². The van der Waals surface area contributed by atoms with E-state index in [-0.39, 0.29) is 25.0 Å². The minimum Gasteiger partial charge on any atom is -0.482 e. The number of hydrogen-bond donors (Lipinski definition) is 2. The Morgan fingerprint density at radius 1 is 1.53 bits per heavy atom. The number of ether oxygens (including phenoxy) is 1. The summed E-state index contributed by atoms with van der Waals surface area (Å²) in [5, 5.41) is 12.0. The van der Waals surface area contributed by atoms with Crippen LogP contribution in [0, 0.1) is 12.8 Å². The van der Waals surface area contributed by atoms with E-state index in [1.54, 1.807) is 12.1 Å². The molecule has 1 aromatic carbocycles. The lowest BCUT2D eigenvalue weighted by molar-refractivity contribution is -0.123. The minimum absolute atomic E-state index is 0.0605.